The summed E-state index contributed by atoms with van der Waals surface area (Å²) in [6.45, 7) is 3.43. The van der Waals surface area contributed by atoms with Crippen molar-refractivity contribution in [2.75, 3.05) is 0 Å². The van der Waals surface area contributed by atoms with Crippen molar-refractivity contribution in [3.63, 3.8) is 0 Å². The van der Waals surface area contributed by atoms with E-state index in [0.29, 0.717) is 19.3 Å². The van der Waals surface area contributed by atoms with E-state index in [1.54, 1.807) is 13.8 Å². The molecule has 4 N–H and O–H groups in total. The summed E-state index contributed by atoms with van der Waals surface area (Å²) in [5, 5.41) is 9.24. The summed E-state index contributed by atoms with van der Waals surface area (Å²) in [5.41, 5.74) is 1.35. The molecule has 66 valence electrons. The highest BCUT2D eigenvalue weighted by atomic mass is 16.3. The summed E-state index contributed by atoms with van der Waals surface area (Å²) < 4.78 is 0. The molecule has 1 amide bonds. The minimum absolute atomic E-state index is 0.186. The van der Waals surface area contributed by atoms with Gasteiger partial charge in [-0.2, -0.15) is 0 Å². The number of hydrazine groups is 1. The van der Waals surface area contributed by atoms with Gasteiger partial charge in [-0.3, -0.25) is 10.2 Å². The van der Waals surface area contributed by atoms with E-state index in [4.69, 9.17) is 5.84 Å². The van der Waals surface area contributed by atoms with Crippen molar-refractivity contribution in [2.45, 2.75) is 38.7 Å². The molecule has 0 spiro atoms. The first-order valence-electron chi connectivity index (χ1n) is 3.67. The van der Waals surface area contributed by atoms with Crippen molar-refractivity contribution in [1.29, 1.82) is 0 Å². The highest BCUT2D eigenvalue weighted by molar-refractivity contribution is 5.75. The third-order valence-electron chi connectivity index (χ3n) is 1.35. The van der Waals surface area contributed by atoms with Crippen LogP contribution in [0.3, 0.4) is 0 Å². The Morgan fingerprint density at radius 3 is 2.55 bits per heavy atom. The molecule has 11 heavy (non-hydrogen) atoms. The zero-order chi connectivity index (χ0) is 8.91. The summed E-state index contributed by atoms with van der Waals surface area (Å²) in [5.74, 6) is 4.67. The van der Waals surface area contributed by atoms with Gasteiger partial charge in [0.1, 0.15) is 0 Å². The summed E-state index contributed by atoms with van der Waals surface area (Å²) in [7, 11) is 0. The molecule has 0 unspecified atom stereocenters. The van der Waals surface area contributed by atoms with E-state index >= 15 is 0 Å². The topological polar surface area (TPSA) is 75.3 Å². The van der Waals surface area contributed by atoms with Gasteiger partial charge in [0, 0.05) is 6.42 Å². The lowest BCUT2D eigenvalue weighted by Gasteiger charge is -2.15. The average Bonchev–Trinajstić information content (AvgIpc) is 1.85. The van der Waals surface area contributed by atoms with Gasteiger partial charge in [-0.1, -0.05) is 0 Å². The first-order chi connectivity index (χ1) is 4.95. The van der Waals surface area contributed by atoms with Crippen LogP contribution in [-0.2, 0) is 4.79 Å². The Morgan fingerprint density at radius 1 is 1.64 bits per heavy atom. The number of nitrogens with one attached hydrogen (secondary N) is 1. The van der Waals surface area contributed by atoms with Crippen molar-refractivity contribution in [3.05, 3.63) is 0 Å². The fraction of sp³-hybridized carbons (Fsp3) is 0.857. The van der Waals surface area contributed by atoms with Crippen molar-refractivity contribution >= 4 is 5.91 Å². The molecule has 4 nitrogen and oxygen atoms in total. The number of nitrogens with two attached hydrogens (primary N) is 1. The van der Waals surface area contributed by atoms with Crippen LogP contribution in [0, 0.1) is 0 Å². The Kier molecular flexibility index (Phi) is 4.07. The first kappa shape index (κ1) is 10.4. The predicted molar refractivity (Wildman–Crippen MR) is 42.5 cm³/mol. The number of carbonyl (C=O) groups excluding carboxylic acids is 1. The Hall–Kier alpha value is -0.610. The number of hydrogen-bond acceptors (Lipinski definition) is 3. The average molecular weight is 160 g/mol. The van der Waals surface area contributed by atoms with Crippen LogP contribution in [0.5, 0.6) is 0 Å². The standard InChI is InChI=1S/C7H16N2O2/c1-7(2,11)5-3-4-6(10)9-8/h11H,3-5,8H2,1-2H3,(H,9,10). The van der Waals surface area contributed by atoms with Crippen LogP contribution < -0.4 is 11.3 Å². The van der Waals surface area contributed by atoms with E-state index in [-0.39, 0.29) is 5.91 Å². The first-order valence-corrected chi connectivity index (χ1v) is 3.67. The highest BCUT2D eigenvalue weighted by Crippen LogP contribution is 2.11. The Morgan fingerprint density at radius 2 is 2.18 bits per heavy atom. The number of amides is 1. The lowest BCUT2D eigenvalue weighted by Crippen LogP contribution is -2.30. The smallest absolute Gasteiger partial charge is 0.233 e. The molecule has 0 saturated heterocycles. The number of carbonyl (C=O) groups is 1. The van der Waals surface area contributed by atoms with Gasteiger partial charge in [-0.25, -0.2) is 5.84 Å². The van der Waals surface area contributed by atoms with Crippen LogP contribution in [0.15, 0.2) is 0 Å². The third kappa shape index (κ3) is 7.29. The van der Waals surface area contributed by atoms with E-state index in [0.717, 1.165) is 0 Å². The predicted octanol–water partition coefficient (Wildman–Crippen LogP) is -0.0825. The summed E-state index contributed by atoms with van der Waals surface area (Å²) in [6, 6.07) is 0. The van der Waals surface area contributed by atoms with E-state index in [2.05, 4.69) is 0 Å². The van der Waals surface area contributed by atoms with Crippen molar-refractivity contribution in [3.8, 4) is 0 Å². The number of rotatable bonds is 4. The Bertz CT molecular complexity index is 129. The fourth-order valence-electron chi connectivity index (χ4n) is 0.754. The van der Waals surface area contributed by atoms with Crippen LogP contribution >= 0.6 is 0 Å². The highest BCUT2D eigenvalue weighted by Gasteiger charge is 2.12. The van der Waals surface area contributed by atoms with Gasteiger partial charge < -0.3 is 5.11 Å². The van der Waals surface area contributed by atoms with Gasteiger partial charge >= 0.3 is 0 Å². The van der Waals surface area contributed by atoms with E-state index < -0.39 is 5.60 Å². The molecule has 0 aromatic heterocycles. The molecule has 0 aliphatic carbocycles. The van der Waals surface area contributed by atoms with Crippen molar-refractivity contribution < 1.29 is 9.90 Å². The monoisotopic (exact) mass is 160 g/mol. The molecule has 4 heteroatoms. The van der Waals surface area contributed by atoms with Gasteiger partial charge in [0.2, 0.25) is 5.91 Å². The molecule has 0 atom stereocenters. The van der Waals surface area contributed by atoms with Crippen LogP contribution in [-0.4, -0.2) is 16.6 Å². The fourth-order valence-corrected chi connectivity index (χ4v) is 0.754. The molecule has 0 radical (unpaired) electrons. The normalized spacial score (nSPS) is 11.3. The third-order valence-corrected chi connectivity index (χ3v) is 1.35. The van der Waals surface area contributed by atoms with Gasteiger partial charge in [-0.05, 0) is 26.7 Å². The molecule has 0 aliphatic heterocycles. The molecule has 0 aliphatic rings. The van der Waals surface area contributed by atoms with Gasteiger partial charge in [0.05, 0.1) is 5.60 Å². The second-order valence-corrected chi connectivity index (χ2v) is 3.23. The lowest BCUT2D eigenvalue weighted by molar-refractivity contribution is -0.121. The Labute approximate surface area is 66.7 Å². The molecule has 0 rings (SSSR count). The molecule has 0 saturated carbocycles. The zero-order valence-corrected chi connectivity index (χ0v) is 7.05. The van der Waals surface area contributed by atoms with Crippen LogP contribution in [0.4, 0.5) is 0 Å². The molecular formula is C7H16N2O2. The van der Waals surface area contributed by atoms with Gasteiger partial charge in [-0.15, -0.1) is 0 Å². The van der Waals surface area contributed by atoms with E-state index in [1.165, 1.54) is 0 Å². The molecule has 0 fully saturated rings. The second-order valence-electron chi connectivity index (χ2n) is 3.23. The molecule has 0 bridgehead atoms. The minimum atomic E-state index is -0.686. The maximum Gasteiger partial charge on any atom is 0.233 e. The van der Waals surface area contributed by atoms with Crippen LogP contribution in [0.25, 0.3) is 0 Å². The maximum atomic E-state index is 10.6. The Balaban J connectivity index is 3.35. The quantitative estimate of drug-likeness (QED) is 0.306. The molecule has 0 aromatic carbocycles. The van der Waals surface area contributed by atoms with Crippen LogP contribution in [0.1, 0.15) is 33.1 Å². The van der Waals surface area contributed by atoms with Crippen LogP contribution in [0.2, 0.25) is 0 Å². The minimum Gasteiger partial charge on any atom is -0.390 e. The lowest BCUT2D eigenvalue weighted by atomic mass is 10.0. The molecule has 0 heterocycles. The SMILES string of the molecule is CC(C)(O)CCCC(=O)NN. The summed E-state index contributed by atoms with van der Waals surface area (Å²) >= 11 is 0. The maximum absolute atomic E-state index is 10.6. The van der Waals surface area contributed by atoms with Crippen molar-refractivity contribution in [1.82, 2.24) is 5.43 Å². The van der Waals surface area contributed by atoms with E-state index in [1.807, 2.05) is 5.43 Å². The van der Waals surface area contributed by atoms with Crippen molar-refractivity contribution in [2.24, 2.45) is 5.84 Å². The summed E-state index contributed by atoms with van der Waals surface area (Å²) in [4.78, 5) is 10.6. The number of hydrogen-bond donors (Lipinski definition) is 3. The van der Waals surface area contributed by atoms with Gasteiger partial charge in [0.25, 0.3) is 0 Å². The second kappa shape index (κ2) is 4.31. The molecule has 0 aromatic rings. The van der Waals surface area contributed by atoms with Gasteiger partial charge in [0.15, 0.2) is 0 Å². The zero-order valence-electron chi connectivity index (χ0n) is 7.05. The number of aliphatic hydroxyl groups is 1. The summed E-state index contributed by atoms with van der Waals surface area (Å²) in [6.07, 6.45) is 1.65. The van der Waals surface area contributed by atoms with E-state index in [9.17, 15) is 9.90 Å². The molecular weight excluding hydrogens is 144 g/mol. The largest absolute Gasteiger partial charge is 0.390 e.